The summed E-state index contributed by atoms with van der Waals surface area (Å²) in [5, 5.41) is 5.60. The van der Waals surface area contributed by atoms with E-state index >= 15 is 0 Å². The van der Waals surface area contributed by atoms with Gasteiger partial charge in [0.05, 0.1) is 26.3 Å². The Morgan fingerprint density at radius 1 is 1.08 bits per heavy atom. The number of nitrogens with zero attached hydrogens (tertiary/aromatic N) is 1. The van der Waals surface area contributed by atoms with Crippen molar-refractivity contribution in [3.05, 3.63) is 28.8 Å². The van der Waals surface area contributed by atoms with E-state index < -0.39 is 0 Å². The summed E-state index contributed by atoms with van der Waals surface area (Å²) >= 11 is 0. The molecule has 2 rings (SSSR count). The van der Waals surface area contributed by atoms with Crippen molar-refractivity contribution >= 4 is 17.5 Å². The molecule has 6 nitrogen and oxygen atoms in total. The second-order valence-corrected chi connectivity index (χ2v) is 7.01. The maximum atomic E-state index is 12.2. The van der Waals surface area contributed by atoms with Gasteiger partial charge in [-0.15, -0.1) is 0 Å². The van der Waals surface area contributed by atoms with Crippen molar-refractivity contribution < 1.29 is 14.3 Å². The maximum absolute atomic E-state index is 12.2. The molecule has 2 amide bonds. The number of morpholine rings is 1. The number of amides is 2. The van der Waals surface area contributed by atoms with Gasteiger partial charge in [0.1, 0.15) is 0 Å². The van der Waals surface area contributed by atoms with E-state index in [2.05, 4.69) is 15.5 Å². The molecular formula is C19H29N3O3. The van der Waals surface area contributed by atoms with E-state index in [9.17, 15) is 9.59 Å². The SMILES string of the molecule is Cc1cc(C)c(NC(=O)CNC(=O)CN2C(C)COCC2C)c(C)c1. The summed E-state index contributed by atoms with van der Waals surface area (Å²) in [4.78, 5) is 26.4. The third-order valence-electron chi connectivity index (χ3n) is 4.56. The highest BCUT2D eigenvalue weighted by atomic mass is 16.5. The Kier molecular flexibility index (Phi) is 6.56. The van der Waals surface area contributed by atoms with E-state index in [-0.39, 0.29) is 37.0 Å². The van der Waals surface area contributed by atoms with Gasteiger partial charge in [-0.25, -0.2) is 0 Å². The topological polar surface area (TPSA) is 70.7 Å². The lowest BCUT2D eigenvalue weighted by Gasteiger charge is -2.38. The third-order valence-corrected chi connectivity index (χ3v) is 4.56. The van der Waals surface area contributed by atoms with Crippen LogP contribution in [-0.4, -0.2) is 55.1 Å². The van der Waals surface area contributed by atoms with Gasteiger partial charge in [-0.1, -0.05) is 17.7 Å². The van der Waals surface area contributed by atoms with Crippen LogP contribution in [0.4, 0.5) is 5.69 Å². The van der Waals surface area contributed by atoms with Crippen molar-refractivity contribution in [1.29, 1.82) is 0 Å². The summed E-state index contributed by atoms with van der Waals surface area (Å²) in [6.07, 6.45) is 0. The molecular weight excluding hydrogens is 318 g/mol. The van der Waals surface area contributed by atoms with Crippen molar-refractivity contribution in [2.75, 3.05) is 31.6 Å². The molecule has 0 radical (unpaired) electrons. The first-order chi connectivity index (χ1) is 11.8. The Hall–Kier alpha value is -1.92. The third kappa shape index (κ3) is 5.28. The minimum atomic E-state index is -0.216. The monoisotopic (exact) mass is 347 g/mol. The van der Waals surface area contributed by atoms with Crippen LogP contribution in [0.25, 0.3) is 0 Å². The van der Waals surface area contributed by atoms with E-state index in [0.717, 1.165) is 22.4 Å². The number of rotatable bonds is 5. The molecule has 138 valence electrons. The molecule has 1 heterocycles. The maximum Gasteiger partial charge on any atom is 0.243 e. The molecule has 0 aromatic heterocycles. The van der Waals surface area contributed by atoms with E-state index in [1.54, 1.807) is 0 Å². The normalized spacial score (nSPS) is 21.0. The number of aryl methyl sites for hydroxylation is 3. The van der Waals surface area contributed by atoms with Gasteiger partial charge in [0.25, 0.3) is 0 Å². The Morgan fingerprint density at radius 3 is 2.20 bits per heavy atom. The first kappa shape index (κ1) is 19.4. The Bertz CT molecular complexity index is 612. The lowest BCUT2D eigenvalue weighted by molar-refractivity contribution is -0.128. The molecule has 1 aromatic rings. The Balaban J connectivity index is 1.84. The molecule has 0 saturated carbocycles. The minimum Gasteiger partial charge on any atom is -0.378 e. The molecule has 0 bridgehead atoms. The fraction of sp³-hybridized carbons (Fsp3) is 0.579. The number of anilines is 1. The van der Waals surface area contributed by atoms with Gasteiger partial charge >= 0.3 is 0 Å². The van der Waals surface area contributed by atoms with Crippen LogP contribution in [0, 0.1) is 20.8 Å². The lowest BCUT2D eigenvalue weighted by atomic mass is 10.1. The highest BCUT2D eigenvalue weighted by Crippen LogP contribution is 2.21. The molecule has 2 unspecified atom stereocenters. The summed E-state index contributed by atoms with van der Waals surface area (Å²) < 4.78 is 5.46. The fourth-order valence-electron chi connectivity index (χ4n) is 3.31. The van der Waals surface area contributed by atoms with Crippen molar-refractivity contribution in [2.45, 2.75) is 46.7 Å². The molecule has 2 atom stereocenters. The van der Waals surface area contributed by atoms with Crippen LogP contribution in [0.2, 0.25) is 0 Å². The summed E-state index contributed by atoms with van der Waals surface area (Å²) in [6.45, 7) is 11.6. The zero-order chi connectivity index (χ0) is 18.6. The van der Waals surface area contributed by atoms with Gasteiger partial charge in [-0.05, 0) is 45.7 Å². The van der Waals surface area contributed by atoms with E-state index in [1.807, 2.05) is 46.8 Å². The summed E-state index contributed by atoms with van der Waals surface area (Å²) in [5.74, 6) is -0.362. The smallest absolute Gasteiger partial charge is 0.243 e. The van der Waals surface area contributed by atoms with Crippen LogP contribution in [0.1, 0.15) is 30.5 Å². The average molecular weight is 347 g/mol. The molecule has 2 N–H and O–H groups in total. The Morgan fingerprint density at radius 2 is 1.64 bits per heavy atom. The van der Waals surface area contributed by atoms with Crippen LogP contribution in [0.5, 0.6) is 0 Å². The van der Waals surface area contributed by atoms with E-state index in [1.165, 1.54) is 0 Å². The van der Waals surface area contributed by atoms with Crippen LogP contribution in [0.15, 0.2) is 12.1 Å². The van der Waals surface area contributed by atoms with Crippen molar-refractivity contribution in [3.63, 3.8) is 0 Å². The number of carbonyl (C=O) groups excluding carboxylic acids is 2. The summed E-state index contributed by atoms with van der Waals surface area (Å²) in [6, 6.07) is 4.45. The van der Waals surface area contributed by atoms with Gasteiger partial charge in [-0.3, -0.25) is 14.5 Å². The zero-order valence-electron chi connectivity index (χ0n) is 15.8. The highest BCUT2D eigenvalue weighted by molar-refractivity contribution is 5.96. The second kappa shape index (κ2) is 8.45. The molecule has 1 aromatic carbocycles. The van der Waals surface area contributed by atoms with Crippen LogP contribution in [-0.2, 0) is 14.3 Å². The quantitative estimate of drug-likeness (QED) is 0.852. The number of ether oxygens (including phenoxy) is 1. The largest absolute Gasteiger partial charge is 0.378 e. The molecule has 1 saturated heterocycles. The van der Waals surface area contributed by atoms with Gasteiger partial charge in [0, 0.05) is 17.8 Å². The standard InChI is InChI=1S/C19H29N3O3/c1-12-6-13(2)19(14(3)7-12)21-17(23)8-20-18(24)9-22-15(4)10-25-11-16(22)5/h6-7,15-16H,8-11H2,1-5H3,(H,20,24)(H,21,23). The molecule has 1 fully saturated rings. The van der Waals surface area contributed by atoms with Gasteiger partial charge < -0.3 is 15.4 Å². The van der Waals surface area contributed by atoms with Crippen LogP contribution in [0.3, 0.4) is 0 Å². The molecule has 0 spiro atoms. The predicted molar refractivity (Wildman–Crippen MR) is 98.7 cm³/mol. The van der Waals surface area contributed by atoms with Gasteiger partial charge in [-0.2, -0.15) is 0 Å². The number of hydrogen-bond acceptors (Lipinski definition) is 4. The number of hydrogen-bond donors (Lipinski definition) is 2. The molecule has 6 heteroatoms. The van der Waals surface area contributed by atoms with Crippen molar-refractivity contribution in [3.8, 4) is 0 Å². The Labute approximate surface area is 149 Å². The van der Waals surface area contributed by atoms with Crippen LogP contribution < -0.4 is 10.6 Å². The summed E-state index contributed by atoms with van der Waals surface area (Å²) in [5.41, 5.74) is 4.02. The number of nitrogens with one attached hydrogen (secondary N) is 2. The number of benzene rings is 1. The molecule has 25 heavy (non-hydrogen) atoms. The predicted octanol–water partition coefficient (Wildman–Crippen LogP) is 1.78. The highest BCUT2D eigenvalue weighted by Gasteiger charge is 2.27. The van der Waals surface area contributed by atoms with Crippen LogP contribution >= 0.6 is 0 Å². The summed E-state index contributed by atoms with van der Waals surface area (Å²) in [7, 11) is 0. The zero-order valence-corrected chi connectivity index (χ0v) is 15.8. The van der Waals surface area contributed by atoms with Gasteiger partial charge in [0.2, 0.25) is 11.8 Å². The van der Waals surface area contributed by atoms with Gasteiger partial charge in [0.15, 0.2) is 0 Å². The van der Waals surface area contributed by atoms with E-state index in [4.69, 9.17) is 4.74 Å². The van der Waals surface area contributed by atoms with E-state index in [0.29, 0.717) is 13.2 Å². The van der Waals surface area contributed by atoms with Crippen molar-refractivity contribution in [2.24, 2.45) is 0 Å². The van der Waals surface area contributed by atoms with Crippen molar-refractivity contribution in [1.82, 2.24) is 10.2 Å². The fourth-order valence-corrected chi connectivity index (χ4v) is 3.31. The lowest BCUT2D eigenvalue weighted by Crippen LogP contribution is -2.53. The average Bonchev–Trinajstić information content (AvgIpc) is 2.52. The first-order valence-corrected chi connectivity index (χ1v) is 8.75. The first-order valence-electron chi connectivity index (χ1n) is 8.75. The molecule has 1 aliphatic rings. The molecule has 1 aliphatic heterocycles. The number of carbonyl (C=O) groups is 2. The minimum absolute atomic E-state index is 0.0291. The molecule has 0 aliphatic carbocycles. The second-order valence-electron chi connectivity index (χ2n) is 7.01.